The fraction of sp³-hybridized carbons (Fsp3) is 0.217. The lowest BCUT2D eigenvalue weighted by molar-refractivity contribution is 0.354. The van der Waals surface area contributed by atoms with Crippen molar-refractivity contribution in [3.63, 3.8) is 0 Å². The minimum absolute atomic E-state index is 0.0429. The number of hydrogen-bond acceptors (Lipinski definition) is 6. The number of rotatable bonds is 7. The summed E-state index contributed by atoms with van der Waals surface area (Å²) in [6, 6.07) is 13.6. The second-order valence-electron chi connectivity index (χ2n) is 7.60. The Morgan fingerprint density at radius 1 is 0.853 bits per heavy atom. The number of aryl methyl sites for hydroxylation is 1. The summed E-state index contributed by atoms with van der Waals surface area (Å²) in [7, 11) is -5.11. The number of anilines is 2. The van der Waals surface area contributed by atoms with Gasteiger partial charge in [0, 0.05) is 12.6 Å². The SMILES string of the molecule is COc1ccc(S(=O)(=O)Nc2ccc3c(c2)N(S(=O)(=O)c2ccc(F)cc2)CCC3)cc1OC. The first-order chi connectivity index (χ1) is 16.2. The molecule has 34 heavy (non-hydrogen) atoms. The van der Waals surface area contributed by atoms with E-state index in [4.69, 9.17) is 9.47 Å². The molecule has 0 radical (unpaired) electrons. The van der Waals surface area contributed by atoms with Crippen LogP contribution in [0.2, 0.25) is 0 Å². The van der Waals surface area contributed by atoms with Gasteiger partial charge in [-0.15, -0.1) is 0 Å². The third kappa shape index (κ3) is 4.53. The molecule has 3 aromatic rings. The molecule has 0 atom stereocenters. The molecule has 1 aliphatic rings. The van der Waals surface area contributed by atoms with E-state index in [0.29, 0.717) is 24.3 Å². The Bertz CT molecular complexity index is 1420. The van der Waals surface area contributed by atoms with Gasteiger partial charge < -0.3 is 9.47 Å². The van der Waals surface area contributed by atoms with Crippen molar-refractivity contribution < 1.29 is 30.7 Å². The van der Waals surface area contributed by atoms with Crippen LogP contribution in [0.4, 0.5) is 15.8 Å². The standard InChI is InChI=1S/C23H23FN2O6S2/c1-31-22-12-11-20(15-23(22)32-2)33(27,28)25-18-8-5-16-4-3-13-26(21(16)14-18)34(29,30)19-9-6-17(24)7-10-19/h5-12,14-15,25H,3-4,13H2,1-2H3. The third-order valence-electron chi connectivity index (χ3n) is 5.48. The van der Waals surface area contributed by atoms with Crippen LogP contribution in [0.3, 0.4) is 0 Å². The highest BCUT2D eigenvalue weighted by atomic mass is 32.2. The first-order valence-corrected chi connectivity index (χ1v) is 13.2. The summed E-state index contributed by atoms with van der Waals surface area (Å²) >= 11 is 0. The quantitative estimate of drug-likeness (QED) is 0.523. The molecule has 0 unspecified atom stereocenters. The van der Waals surface area contributed by atoms with Crippen LogP contribution >= 0.6 is 0 Å². The van der Waals surface area contributed by atoms with Gasteiger partial charge in [-0.25, -0.2) is 21.2 Å². The molecule has 0 bridgehead atoms. The Hall–Kier alpha value is -3.31. The van der Waals surface area contributed by atoms with E-state index in [2.05, 4.69) is 4.72 Å². The molecule has 4 rings (SSSR count). The van der Waals surface area contributed by atoms with Crippen molar-refractivity contribution in [2.45, 2.75) is 22.6 Å². The number of sulfonamides is 2. The zero-order chi connectivity index (χ0) is 24.5. The lowest BCUT2D eigenvalue weighted by Crippen LogP contribution is -2.35. The van der Waals surface area contributed by atoms with Crippen LogP contribution in [0.1, 0.15) is 12.0 Å². The predicted octanol–water partition coefficient (Wildman–Crippen LogP) is 3.79. The van der Waals surface area contributed by atoms with Crippen molar-refractivity contribution in [3.8, 4) is 11.5 Å². The number of benzene rings is 3. The summed E-state index contributed by atoms with van der Waals surface area (Å²) in [6.45, 7) is 0.221. The maximum absolute atomic E-state index is 13.3. The van der Waals surface area contributed by atoms with Crippen LogP contribution in [0, 0.1) is 5.82 Å². The molecule has 0 saturated carbocycles. The van der Waals surface area contributed by atoms with Gasteiger partial charge in [0.25, 0.3) is 20.0 Å². The Morgan fingerprint density at radius 3 is 2.21 bits per heavy atom. The van der Waals surface area contributed by atoms with Gasteiger partial charge in [0.05, 0.1) is 35.4 Å². The summed E-state index contributed by atoms with van der Waals surface area (Å²) in [4.78, 5) is -0.0864. The highest BCUT2D eigenvalue weighted by molar-refractivity contribution is 7.93. The molecular weight excluding hydrogens is 483 g/mol. The summed E-state index contributed by atoms with van der Waals surface area (Å²) < 4.78 is 79.9. The van der Waals surface area contributed by atoms with E-state index >= 15 is 0 Å². The van der Waals surface area contributed by atoms with Gasteiger partial charge in [-0.3, -0.25) is 9.03 Å². The van der Waals surface area contributed by atoms with Crippen molar-refractivity contribution in [2.75, 3.05) is 29.8 Å². The molecule has 11 heteroatoms. The molecular formula is C23H23FN2O6S2. The molecule has 180 valence electrons. The van der Waals surface area contributed by atoms with E-state index in [1.165, 1.54) is 54.9 Å². The summed E-state index contributed by atoms with van der Waals surface area (Å²) in [6.07, 6.45) is 1.25. The van der Waals surface area contributed by atoms with Gasteiger partial charge in [-0.2, -0.15) is 0 Å². The van der Waals surface area contributed by atoms with Gasteiger partial charge in [0.1, 0.15) is 5.82 Å². The Labute approximate surface area is 198 Å². The number of hydrogen-bond donors (Lipinski definition) is 1. The molecule has 8 nitrogen and oxygen atoms in total. The number of methoxy groups -OCH3 is 2. The monoisotopic (exact) mass is 506 g/mol. The highest BCUT2D eigenvalue weighted by Gasteiger charge is 2.30. The topological polar surface area (TPSA) is 102 Å². The number of nitrogens with zero attached hydrogens (tertiary/aromatic N) is 1. The molecule has 3 aromatic carbocycles. The summed E-state index contributed by atoms with van der Waals surface area (Å²) in [5, 5.41) is 0. The molecule has 0 amide bonds. The lowest BCUT2D eigenvalue weighted by atomic mass is 10.0. The van der Waals surface area contributed by atoms with Gasteiger partial charge in [-0.1, -0.05) is 6.07 Å². The molecule has 0 saturated heterocycles. The van der Waals surface area contributed by atoms with Crippen molar-refractivity contribution in [3.05, 3.63) is 72.0 Å². The maximum atomic E-state index is 13.3. The van der Waals surface area contributed by atoms with Crippen molar-refractivity contribution in [2.24, 2.45) is 0 Å². The molecule has 1 N–H and O–H groups in total. The smallest absolute Gasteiger partial charge is 0.264 e. The molecule has 1 heterocycles. The van der Waals surface area contributed by atoms with Crippen LogP contribution in [-0.4, -0.2) is 37.6 Å². The van der Waals surface area contributed by atoms with Gasteiger partial charge in [-0.05, 0) is 66.9 Å². The zero-order valence-electron chi connectivity index (χ0n) is 18.5. The first-order valence-electron chi connectivity index (χ1n) is 10.3. The molecule has 1 aliphatic heterocycles. The number of nitrogens with one attached hydrogen (secondary N) is 1. The molecule has 0 fully saturated rings. The zero-order valence-corrected chi connectivity index (χ0v) is 20.1. The van der Waals surface area contributed by atoms with E-state index in [9.17, 15) is 21.2 Å². The summed E-state index contributed by atoms with van der Waals surface area (Å²) in [5.41, 5.74) is 1.35. The first kappa shape index (κ1) is 23.8. The van der Waals surface area contributed by atoms with Crippen LogP contribution in [-0.2, 0) is 26.5 Å². The van der Waals surface area contributed by atoms with Crippen LogP contribution in [0.5, 0.6) is 11.5 Å². The third-order valence-corrected chi connectivity index (χ3v) is 8.69. The predicted molar refractivity (Wildman–Crippen MR) is 126 cm³/mol. The minimum Gasteiger partial charge on any atom is -0.493 e. The number of ether oxygens (including phenoxy) is 2. The average Bonchev–Trinajstić information content (AvgIpc) is 2.83. The Morgan fingerprint density at radius 2 is 1.53 bits per heavy atom. The molecule has 0 aliphatic carbocycles. The molecule has 0 aromatic heterocycles. The minimum atomic E-state index is -4.00. The van der Waals surface area contributed by atoms with Crippen molar-refractivity contribution >= 4 is 31.4 Å². The van der Waals surface area contributed by atoms with E-state index in [1.54, 1.807) is 12.1 Å². The normalized spacial score (nSPS) is 13.8. The largest absolute Gasteiger partial charge is 0.493 e. The van der Waals surface area contributed by atoms with E-state index < -0.39 is 25.9 Å². The maximum Gasteiger partial charge on any atom is 0.264 e. The fourth-order valence-electron chi connectivity index (χ4n) is 3.79. The van der Waals surface area contributed by atoms with E-state index in [0.717, 1.165) is 17.7 Å². The Balaban J connectivity index is 1.68. The number of fused-ring (bicyclic) bond motifs is 1. The molecule has 0 spiro atoms. The lowest BCUT2D eigenvalue weighted by Gasteiger charge is -2.31. The van der Waals surface area contributed by atoms with Crippen LogP contribution < -0.4 is 18.5 Å². The van der Waals surface area contributed by atoms with E-state index in [-0.39, 0.29) is 27.8 Å². The van der Waals surface area contributed by atoms with Gasteiger partial charge in [0.2, 0.25) is 0 Å². The number of halogens is 1. The van der Waals surface area contributed by atoms with Crippen molar-refractivity contribution in [1.29, 1.82) is 0 Å². The second kappa shape index (κ2) is 9.15. The van der Waals surface area contributed by atoms with E-state index in [1.807, 2.05) is 0 Å². The van der Waals surface area contributed by atoms with Gasteiger partial charge >= 0.3 is 0 Å². The van der Waals surface area contributed by atoms with Gasteiger partial charge in [0.15, 0.2) is 11.5 Å². The fourth-order valence-corrected chi connectivity index (χ4v) is 6.38. The second-order valence-corrected chi connectivity index (χ2v) is 11.1. The summed E-state index contributed by atoms with van der Waals surface area (Å²) in [5.74, 6) is 0.106. The van der Waals surface area contributed by atoms with Crippen molar-refractivity contribution in [1.82, 2.24) is 0 Å². The average molecular weight is 507 g/mol. The van der Waals surface area contributed by atoms with Crippen LogP contribution in [0.15, 0.2) is 70.5 Å². The highest BCUT2D eigenvalue weighted by Crippen LogP contribution is 2.35. The Kier molecular flexibility index (Phi) is 6.41. The van der Waals surface area contributed by atoms with Crippen LogP contribution in [0.25, 0.3) is 0 Å².